The van der Waals surface area contributed by atoms with Crippen molar-refractivity contribution in [1.82, 2.24) is 14.5 Å². The zero-order valence-corrected chi connectivity index (χ0v) is 16.5. The van der Waals surface area contributed by atoms with Crippen LogP contribution in [-0.2, 0) is 32.4 Å². The molecule has 1 aliphatic rings. The Kier molecular flexibility index (Phi) is 5.00. The predicted molar refractivity (Wildman–Crippen MR) is 108 cm³/mol. The van der Waals surface area contributed by atoms with Gasteiger partial charge in [-0.25, -0.2) is 4.39 Å². The molecule has 0 fully saturated rings. The van der Waals surface area contributed by atoms with E-state index in [0.29, 0.717) is 6.04 Å². The molecule has 0 bridgehead atoms. The van der Waals surface area contributed by atoms with Crippen molar-refractivity contribution >= 4 is 10.9 Å². The molecule has 0 atom stereocenters. The summed E-state index contributed by atoms with van der Waals surface area (Å²) in [5.74, 6) is -0.257. The van der Waals surface area contributed by atoms with E-state index < -0.39 is 0 Å². The van der Waals surface area contributed by atoms with Crippen molar-refractivity contribution in [1.29, 1.82) is 0 Å². The Morgan fingerprint density at radius 2 is 2.00 bits per heavy atom. The molecule has 27 heavy (non-hydrogen) atoms. The fourth-order valence-corrected chi connectivity index (χ4v) is 4.27. The third-order valence-corrected chi connectivity index (χ3v) is 5.87. The van der Waals surface area contributed by atoms with Crippen molar-refractivity contribution in [2.24, 2.45) is 0 Å². The minimum Gasteiger partial charge on any atom is -0.344 e. The fourth-order valence-electron chi connectivity index (χ4n) is 4.27. The van der Waals surface area contributed by atoms with Gasteiger partial charge in [-0.15, -0.1) is 0 Å². The number of hydrogen-bond donors (Lipinski definition) is 0. The monoisotopic (exact) mass is 365 g/mol. The Hall–Kier alpha value is -2.20. The molecule has 1 aliphatic heterocycles. The molecule has 4 rings (SSSR count). The van der Waals surface area contributed by atoms with E-state index >= 15 is 0 Å². The van der Waals surface area contributed by atoms with Crippen LogP contribution >= 0.6 is 0 Å². The summed E-state index contributed by atoms with van der Waals surface area (Å²) >= 11 is 0. The number of aryl methyl sites for hydroxylation is 3. The van der Waals surface area contributed by atoms with Crippen LogP contribution in [0.25, 0.3) is 10.9 Å². The van der Waals surface area contributed by atoms with Gasteiger partial charge in [0.2, 0.25) is 0 Å². The second-order valence-corrected chi connectivity index (χ2v) is 7.86. The van der Waals surface area contributed by atoms with Crippen molar-refractivity contribution in [3.05, 3.63) is 64.9 Å². The molecule has 0 unspecified atom stereocenters. The molecule has 2 aromatic heterocycles. The first kappa shape index (κ1) is 18.2. The average molecular weight is 365 g/mol. The number of halogens is 1. The molecule has 0 saturated carbocycles. The second-order valence-electron chi connectivity index (χ2n) is 7.86. The van der Waals surface area contributed by atoms with Gasteiger partial charge >= 0.3 is 0 Å². The van der Waals surface area contributed by atoms with Gasteiger partial charge in [0.15, 0.2) is 0 Å². The predicted octanol–water partition coefficient (Wildman–Crippen LogP) is 4.75. The van der Waals surface area contributed by atoms with E-state index in [1.54, 1.807) is 12.3 Å². The maximum absolute atomic E-state index is 13.5. The lowest BCUT2D eigenvalue weighted by molar-refractivity contribution is 0.202. The molecule has 3 nitrogen and oxygen atoms in total. The van der Waals surface area contributed by atoms with Gasteiger partial charge in [-0.1, -0.05) is 13.0 Å². The van der Waals surface area contributed by atoms with Gasteiger partial charge < -0.3 is 4.57 Å². The van der Waals surface area contributed by atoms with Gasteiger partial charge in [-0.05, 0) is 61.6 Å². The van der Waals surface area contributed by atoms with Crippen molar-refractivity contribution < 1.29 is 4.39 Å². The van der Waals surface area contributed by atoms with Crippen LogP contribution in [0.4, 0.5) is 4.39 Å². The lowest BCUT2D eigenvalue weighted by Gasteiger charge is -2.31. The van der Waals surface area contributed by atoms with Gasteiger partial charge in [-0.2, -0.15) is 0 Å². The molecule has 0 N–H and O–H groups in total. The maximum atomic E-state index is 13.5. The van der Waals surface area contributed by atoms with Gasteiger partial charge in [0.25, 0.3) is 0 Å². The lowest BCUT2D eigenvalue weighted by atomic mass is 10.0. The van der Waals surface area contributed by atoms with Crippen LogP contribution in [-0.4, -0.2) is 27.0 Å². The molecule has 0 saturated heterocycles. The van der Waals surface area contributed by atoms with E-state index in [4.69, 9.17) is 0 Å². The molecule has 0 amide bonds. The van der Waals surface area contributed by atoms with E-state index in [2.05, 4.69) is 53.4 Å². The summed E-state index contributed by atoms with van der Waals surface area (Å²) in [4.78, 5) is 6.55. The summed E-state index contributed by atoms with van der Waals surface area (Å²) in [7, 11) is 0. The van der Waals surface area contributed by atoms with E-state index in [1.165, 1.54) is 33.9 Å². The van der Waals surface area contributed by atoms with Gasteiger partial charge in [0.05, 0.1) is 6.20 Å². The number of aromatic nitrogens is 2. The van der Waals surface area contributed by atoms with E-state index in [-0.39, 0.29) is 5.82 Å². The second kappa shape index (κ2) is 7.43. The Labute approximate surface area is 160 Å². The fraction of sp³-hybridized carbons (Fsp3) is 0.435. The standard InChI is InChI=1S/C23H28FN3/c1-4-17-5-6-22-20(12-17)21-15-26(16(2)3)9-8-23(21)27(22)10-7-18-11-19(24)14-25-13-18/h5-6,11-14,16H,4,7-10,15H2,1-3H3. The Bertz CT molecular complexity index is 958. The highest BCUT2D eigenvalue weighted by atomic mass is 19.1. The summed E-state index contributed by atoms with van der Waals surface area (Å²) in [6, 6.07) is 9.05. The first-order chi connectivity index (χ1) is 13.1. The van der Waals surface area contributed by atoms with Crippen molar-refractivity contribution in [2.75, 3.05) is 6.54 Å². The third-order valence-electron chi connectivity index (χ3n) is 5.87. The smallest absolute Gasteiger partial charge is 0.141 e. The summed E-state index contributed by atoms with van der Waals surface area (Å²) in [6.07, 6.45) is 5.97. The number of hydrogen-bond acceptors (Lipinski definition) is 2. The van der Waals surface area contributed by atoms with Crippen LogP contribution < -0.4 is 0 Å². The molecule has 3 aromatic rings. The molecular weight excluding hydrogens is 337 g/mol. The quantitative estimate of drug-likeness (QED) is 0.651. The summed E-state index contributed by atoms with van der Waals surface area (Å²) in [5.41, 5.74) is 6.60. The largest absolute Gasteiger partial charge is 0.344 e. The van der Waals surface area contributed by atoms with Gasteiger partial charge in [-0.3, -0.25) is 9.88 Å². The number of nitrogens with zero attached hydrogens (tertiary/aromatic N) is 3. The normalized spacial score (nSPS) is 14.9. The van der Waals surface area contributed by atoms with Crippen LogP contribution in [0.15, 0.2) is 36.7 Å². The molecule has 0 radical (unpaired) electrons. The van der Waals surface area contributed by atoms with E-state index in [9.17, 15) is 4.39 Å². The molecule has 1 aromatic carbocycles. The third kappa shape index (κ3) is 3.51. The van der Waals surface area contributed by atoms with E-state index in [1.807, 2.05) is 0 Å². The highest BCUT2D eigenvalue weighted by Gasteiger charge is 2.25. The number of pyridine rings is 1. The zero-order chi connectivity index (χ0) is 19.0. The van der Waals surface area contributed by atoms with Crippen LogP contribution in [0.2, 0.25) is 0 Å². The van der Waals surface area contributed by atoms with E-state index in [0.717, 1.165) is 44.5 Å². The minimum absolute atomic E-state index is 0.257. The van der Waals surface area contributed by atoms with Gasteiger partial charge in [0.1, 0.15) is 5.82 Å². The first-order valence-electron chi connectivity index (χ1n) is 10.0. The van der Waals surface area contributed by atoms with Crippen LogP contribution in [0.3, 0.4) is 0 Å². The molecule has 4 heteroatoms. The number of fused-ring (bicyclic) bond motifs is 3. The molecular formula is C23H28FN3. The Morgan fingerprint density at radius 1 is 1.15 bits per heavy atom. The van der Waals surface area contributed by atoms with Crippen molar-refractivity contribution in [3.8, 4) is 0 Å². The molecule has 142 valence electrons. The van der Waals surface area contributed by atoms with Crippen molar-refractivity contribution in [3.63, 3.8) is 0 Å². The average Bonchev–Trinajstić information content (AvgIpc) is 2.98. The number of benzene rings is 1. The highest BCUT2D eigenvalue weighted by Crippen LogP contribution is 2.32. The number of rotatable bonds is 5. The topological polar surface area (TPSA) is 21.1 Å². The Morgan fingerprint density at radius 3 is 2.74 bits per heavy atom. The molecule has 3 heterocycles. The van der Waals surface area contributed by atoms with Gasteiger partial charge in [0, 0.05) is 54.9 Å². The summed E-state index contributed by atoms with van der Waals surface area (Å²) < 4.78 is 16.0. The van der Waals surface area contributed by atoms with Crippen molar-refractivity contribution in [2.45, 2.75) is 59.2 Å². The highest BCUT2D eigenvalue weighted by molar-refractivity contribution is 5.86. The zero-order valence-electron chi connectivity index (χ0n) is 16.5. The summed E-state index contributed by atoms with van der Waals surface area (Å²) in [5, 5.41) is 1.40. The summed E-state index contributed by atoms with van der Waals surface area (Å²) in [6.45, 7) is 9.75. The van der Waals surface area contributed by atoms with Crippen LogP contribution in [0.5, 0.6) is 0 Å². The first-order valence-corrected chi connectivity index (χ1v) is 10.0. The minimum atomic E-state index is -0.257. The van der Waals surface area contributed by atoms with Crippen LogP contribution in [0.1, 0.15) is 43.2 Å². The molecule has 0 spiro atoms. The Balaban J connectivity index is 1.73. The molecule has 0 aliphatic carbocycles. The SMILES string of the molecule is CCc1ccc2c(c1)c1c(n2CCc2cncc(F)c2)CCN(C(C)C)C1. The maximum Gasteiger partial charge on any atom is 0.141 e. The lowest BCUT2D eigenvalue weighted by Crippen LogP contribution is -2.36. The van der Waals surface area contributed by atoms with Crippen LogP contribution in [0, 0.1) is 5.82 Å².